The predicted octanol–water partition coefficient (Wildman–Crippen LogP) is 2.91. The van der Waals surface area contributed by atoms with Crippen LogP contribution < -0.4 is 4.74 Å². The fourth-order valence-corrected chi connectivity index (χ4v) is 4.97. The highest BCUT2D eigenvalue weighted by molar-refractivity contribution is 7.98. The number of para-hydroxylation sites is 1. The first-order valence-electron chi connectivity index (χ1n) is 8.66. The number of pyridine rings is 1. The average molecular weight is 430 g/mol. The molecule has 1 fully saturated rings. The Kier molecular flexibility index (Phi) is 6.86. The summed E-state index contributed by atoms with van der Waals surface area (Å²) in [5, 5.41) is 0.601. The van der Waals surface area contributed by atoms with Gasteiger partial charge < -0.3 is 9.64 Å². The Morgan fingerprint density at radius 2 is 1.86 bits per heavy atom. The number of hydrogen-bond acceptors (Lipinski definition) is 6. The summed E-state index contributed by atoms with van der Waals surface area (Å²) in [5.74, 6) is 0.500. The summed E-state index contributed by atoms with van der Waals surface area (Å²) in [6.45, 7) is -0.586. The number of hydrogen-bond donors (Lipinski definition) is 0. The molecule has 0 unspecified atom stereocenters. The Morgan fingerprint density at radius 3 is 2.50 bits per heavy atom. The highest BCUT2D eigenvalue weighted by atomic mass is 32.2. The summed E-state index contributed by atoms with van der Waals surface area (Å²) in [6.07, 6.45) is 1.34. The molecule has 0 bridgehead atoms. The first kappa shape index (κ1) is 21.0. The number of likely N-dealkylation sites (N-methyl/N-ethyl adjacent to an activating group) is 1. The molecule has 0 radical (unpaired) electrons. The molecule has 0 amide bonds. The van der Waals surface area contributed by atoms with Crippen molar-refractivity contribution in [2.24, 2.45) is 0 Å². The summed E-state index contributed by atoms with van der Waals surface area (Å²) >= 11 is 1.32. The maximum Gasteiger partial charge on any atom is 0.387 e. The van der Waals surface area contributed by atoms with Gasteiger partial charge in [0.2, 0.25) is 10.0 Å². The number of aromatic nitrogens is 1. The molecule has 0 atom stereocenters. The number of halogens is 2. The average Bonchev–Trinajstić information content (AvgIpc) is 2.67. The Morgan fingerprint density at radius 1 is 1.14 bits per heavy atom. The highest BCUT2D eigenvalue weighted by Gasteiger charge is 2.27. The SMILES string of the molecule is CN1CCN(S(=O)(=O)c2ccc(SCc3ccccc3OC(F)F)nc2)CC1. The van der Waals surface area contributed by atoms with E-state index in [4.69, 9.17) is 0 Å². The van der Waals surface area contributed by atoms with Crippen molar-refractivity contribution in [1.29, 1.82) is 0 Å². The molecule has 0 N–H and O–H groups in total. The van der Waals surface area contributed by atoms with E-state index in [2.05, 4.69) is 14.6 Å². The molecule has 3 rings (SSSR count). The third-order valence-corrected chi connectivity index (χ3v) is 7.25. The van der Waals surface area contributed by atoms with E-state index in [-0.39, 0.29) is 10.6 Å². The van der Waals surface area contributed by atoms with E-state index in [1.165, 1.54) is 34.4 Å². The van der Waals surface area contributed by atoms with Gasteiger partial charge in [0.15, 0.2) is 0 Å². The quantitative estimate of drug-likeness (QED) is 0.631. The second-order valence-corrected chi connectivity index (χ2v) is 9.25. The number of benzene rings is 1. The van der Waals surface area contributed by atoms with Gasteiger partial charge in [-0.05, 0) is 25.2 Å². The van der Waals surface area contributed by atoms with E-state index in [1.807, 2.05) is 7.05 Å². The van der Waals surface area contributed by atoms with Gasteiger partial charge in [-0.1, -0.05) is 18.2 Å². The smallest absolute Gasteiger partial charge is 0.387 e. The molecular weight excluding hydrogens is 408 g/mol. The number of alkyl halides is 2. The molecule has 152 valence electrons. The highest BCUT2D eigenvalue weighted by Crippen LogP contribution is 2.28. The van der Waals surface area contributed by atoms with E-state index in [1.54, 1.807) is 24.3 Å². The minimum atomic E-state index is -3.56. The number of ether oxygens (including phenoxy) is 1. The standard InChI is InChI=1S/C18H21F2N3O3S2/c1-22-8-10-23(11-9-22)28(24,25)15-6-7-17(21-12-15)27-13-14-4-2-3-5-16(14)26-18(19)20/h2-7,12,18H,8-11,13H2,1H3. The number of rotatable bonds is 7. The fourth-order valence-electron chi connectivity index (χ4n) is 2.77. The number of piperazine rings is 1. The van der Waals surface area contributed by atoms with Gasteiger partial charge in [0.1, 0.15) is 10.6 Å². The molecule has 1 aromatic carbocycles. The second-order valence-electron chi connectivity index (χ2n) is 6.31. The van der Waals surface area contributed by atoms with Crippen molar-refractivity contribution in [1.82, 2.24) is 14.2 Å². The molecule has 6 nitrogen and oxygen atoms in total. The molecule has 0 spiro atoms. The third kappa shape index (κ3) is 5.19. The second kappa shape index (κ2) is 9.17. The lowest BCUT2D eigenvalue weighted by atomic mass is 10.2. The molecule has 1 aromatic heterocycles. The summed E-state index contributed by atoms with van der Waals surface area (Å²) in [6, 6.07) is 9.72. The molecule has 1 aliphatic heterocycles. The van der Waals surface area contributed by atoms with Crippen molar-refractivity contribution >= 4 is 21.8 Å². The van der Waals surface area contributed by atoms with E-state index >= 15 is 0 Å². The largest absolute Gasteiger partial charge is 0.435 e. The maximum atomic E-state index is 12.7. The van der Waals surface area contributed by atoms with Crippen molar-refractivity contribution in [3.63, 3.8) is 0 Å². The molecule has 0 aliphatic carbocycles. The molecule has 1 saturated heterocycles. The fraction of sp³-hybridized carbons (Fsp3) is 0.389. The van der Waals surface area contributed by atoms with Gasteiger partial charge in [-0.25, -0.2) is 13.4 Å². The normalized spacial score (nSPS) is 16.4. The van der Waals surface area contributed by atoms with E-state index in [0.29, 0.717) is 42.5 Å². The van der Waals surface area contributed by atoms with E-state index < -0.39 is 16.6 Å². The molecule has 28 heavy (non-hydrogen) atoms. The van der Waals surface area contributed by atoms with Crippen LogP contribution in [0.3, 0.4) is 0 Å². The van der Waals surface area contributed by atoms with Gasteiger partial charge in [-0.15, -0.1) is 11.8 Å². The Balaban J connectivity index is 1.65. The summed E-state index contributed by atoms with van der Waals surface area (Å²) in [5.41, 5.74) is 0.615. The molecule has 1 aliphatic rings. The molecule has 2 heterocycles. The van der Waals surface area contributed by atoms with Gasteiger partial charge in [-0.2, -0.15) is 13.1 Å². The van der Waals surface area contributed by atoms with Crippen LogP contribution in [-0.2, 0) is 15.8 Å². The van der Waals surface area contributed by atoms with Crippen LogP contribution in [0, 0.1) is 0 Å². The lowest BCUT2D eigenvalue weighted by Crippen LogP contribution is -2.47. The predicted molar refractivity (Wildman–Crippen MR) is 103 cm³/mol. The number of nitrogens with zero attached hydrogens (tertiary/aromatic N) is 3. The minimum absolute atomic E-state index is 0.124. The van der Waals surface area contributed by atoms with Gasteiger partial charge in [-0.3, -0.25) is 0 Å². The van der Waals surface area contributed by atoms with Crippen LogP contribution in [0.15, 0.2) is 52.5 Å². The van der Waals surface area contributed by atoms with Crippen LogP contribution in [0.1, 0.15) is 5.56 Å². The third-order valence-electron chi connectivity index (χ3n) is 4.37. The summed E-state index contributed by atoms with van der Waals surface area (Å²) in [7, 11) is -1.60. The van der Waals surface area contributed by atoms with Gasteiger partial charge >= 0.3 is 6.61 Å². The topological polar surface area (TPSA) is 62.7 Å². The van der Waals surface area contributed by atoms with Crippen molar-refractivity contribution in [3.05, 3.63) is 48.2 Å². The lowest BCUT2D eigenvalue weighted by molar-refractivity contribution is -0.0503. The Labute approximate surface area is 167 Å². The van der Waals surface area contributed by atoms with Gasteiger partial charge in [0.25, 0.3) is 0 Å². The van der Waals surface area contributed by atoms with Crippen molar-refractivity contribution in [2.75, 3.05) is 33.2 Å². The van der Waals surface area contributed by atoms with Crippen LogP contribution in [0.25, 0.3) is 0 Å². The van der Waals surface area contributed by atoms with Crippen molar-refractivity contribution in [3.8, 4) is 5.75 Å². The minimum Gasteiger partial charge on any atom is -0.435 e. The summed E-state index contributed by atoms with van der Waals surface area (Å²) < 4.78 is 56.4. The van der Waals surface area contributed by atoms with Crippen LogP contribution in [0.4, 0.5) is 8.78 Å². The zero-order valence-corrected chi connectivity index (χ0v) is 16.9. The first-order chi connectivity index (χ1) is 13.4. The van der Waals surface area contributed by atoms with E-state index in [9.17, 15) is 17.2 Å². The van der Waals surface area contributed by atoms with Crippen LogP contribution in [-0.4, -0.2) is 62.4 Å². The summed E-state index contributed by atoms with van der Waals surface area (Å²) in [4.78, 5) is 6.46. The number of sulfonamides is 1. The molecule has 0 saturated carbocycles. The van der Waals surface area contributed by atoms with Gasteiger partial charge in [0.05, 0.1) is 5.03 Å². The van der Waals surface area contributed by atoms with Crippen LogP contribution >= 0.6 is 11.8 Å². The van der Waals surface area contributed by atoms with Gasteiger partial charge in [0, 0.05) is 43.7 Å². The van der Waals surface area contributed by atoms with Crippen molar-refractivity contribution in [2.45, 2.75) is 22.3 Å². The molecular formula is C18H21F2N3O3S2. The Bertz CT molecular complexity index is 887. The maximum absolute atomic E-state index is 12.7. The monoisotopic (exact) mass is 429 g/mol. The number of thioether (sulfide) groups is 1. The zero-order valence-electron chi connectivity index (χ0n) is 15.3. The van der Waals surface area contributed by atoms with Crippen LogP contribution in [0.5, 0.6) is 5.75 Å². The Hall–Kier alpha value is -1.75. The first-order valence-corrected chi connectivity index (χ1v) is 11.1. The molecule has 2 aromatic rings. The van der Waals surface area contributed by atoms with Crippen LogP contribution in [0.2, 0.25) is 0 Å². The zero-order chi connectivity index (χ0) is 20.1. The molecule has 10 heteroatoms. The van der Waals surface area contributed by atoms with E-state index in [0.717, 1.165) is 0 Å². The lowest BCUT2D eigenvalue weighted by Gasteiger charge is -2.31. The van der Waals surface area contributed by atoms with Crippen molar-refractivity contribution < 1.29 is 21.9 Å².